The second-order valence-electron chi connectivity index (χ2n) is 12.1. The topological polar surface area (TPSA) is 118 Å². The fraction of sp³-hybridized carbons (Fsp3) is 0.567. The van der Waals surface area contributed by atoms with Gasteiger partial charge < -0.3 is 24.4 Å². The molecule has 5 rings (SSSR count). The van der Waals surface area contributed by atoms with Crippen molar-refractivity contribution < 1.29 is 28.5 Å². The third kappa shape index (κ3) is 5.28. The van der Waals surface area contributed by atoms with Crippen LogP contribution in [0.2, 0.25) is 5.02 Å². The average Bonchev–Trinajstić information content (AvgIpc) is 3.51. The van der Waals surface area contributed by atoms with Crippen LogP contribution in [0.25, 0.3) is 17.2 Å². The Hall–Kier alpha value is -3.44. The number of amides is 1. The number of ether oxygens (including phenoxy) is 2. The molecule has 42 heavy (non-hydrogen) atoms. The zero-order valence-corrected chi connectivity index (χ0v) is 26.2. The first-order valence-corrected chi connectivity index (χ1v) is 14.7. The normalized spacial score (nSPS) is 22.4. The highest BCUT2D eigenvalue weighted by Crippen LogP contribution is 2.52. The van der Waals surface area contributed by atoms with Crippen LogP contribution < -0.4 is 14.2 Å². The smallest absolute Gasteiger partial charge is 0.409 e. The van der Waals surface area contributed by atoms with Gasteiger partial charge in [-0.1, -0.05) is 43.8 Å². The molecule has 3 atom stereocenters. The fourth-order valence-electron chi connectivity index (χ4n) is 6.33. The van der Waals surface area contributed by atoms with Gasteiger partial charge in [0.1, 0.15) is 18.2 Å². The number of nitrogens with zero attached hydrogens (tertiary/aromatic N) is 6. The van der Waals surface area contributed by atoms with Crippen LogP contribution in [0.5, 0.6) is 5.75 Å². The molecule has 2 fully saturated rings. The van der Waals surface area contributed by atoms with E-state index in [2.05, 4.69) is 23.9 Å². The van der Waals surface area contributed by atoms with Crippen molar-refractivity contribution in [3.63, 3.8) is 0 Å². The van der Waals surface area contributed by atoms with E-state index in [0.29, 0.717) is 72.3 Å². The Balaban J connectivity index is 1.57. The van der Waals surface area contributed by atoms with Gasteiger partial charge in [0.05, 0.1) is 34.5 Å². The summed E-state index contributed by atoms with van der Waals surface area (Å²) in [6.07, 6.45) is 0.684. The van der Waals surface area contributed by atoms with E-state index in [1.165, 1.54) is 7.11 Å². The van der Waals surface area contributed by atoms with Crippen LogP contribution in [0.15, 0.2) is 22.7 Å². The number of hydrogen-bond acceptors (Lipinski definition) is 9. The van der Waals surface area contributed by atoms with Crippen molar-refractivity contribution >= 4 is 23.5 Å². The van der Waals surface area contributed by atoms with Crippen LogP contribution in [-0.2, 0) is 4.74 Å². The summed E-state index contributed by atoms with van der Waals surface area (Å²) in [7, 11) is 1.42. The average molecular weight is 600 g/mol. The van der Waals surface area contributed by atoms with Gasteiger partial charge in [-0.3, -0.25) is 4.52 Å². The Labute approximate surface area is 251 Å². The van der Waals surface area contributed by atoms with Crippen LogP contribution >= 0.6 is 11.6 Å². The molecule has 12 heteroatoms. The van der Waals surface area contributed by atoms with E-state index >= 15 is 0 Å². The second-order valence-corrected chi connectivity index (χ2v) is 12.5. The zero-order chi connectivity index (χ0) is 30.4. The first kappa shape index (κ1) is 30.0. The van der Waals surface area contributed by atoms with E-state index in [9.17, 15) is 9.90 Å². The number of rotatable bonds is 8. The minimum atomic E-state index is -0.550. The van der Waals surface area contributed by atoms with Crippen LogP contribution in [-0.4, -0.2) is 77.2 Å². The molecular formula is C30H40ClN6O5+. The molecular weight excluding hydrogens is 560 g/mol. The molecule has 4 heterocycles. The van der Waals surface area contributed by atoms with Gasteiger partial charge in [-0.05, 0) is 31.5 Å². The predicted octanol–water partition coefficient (Wildman–Crippen LogP) is 4.44. The highest BCUT2D eigenvalue weighted by Gasteiger charge is 2.59. The molecule has 0 unspecified atom stereocenters. The number of aromatic nitrogens is 4. The number of hydrogen-bond donors (Lipinski definition) is 1. The van der Waals surface area contributed by atoms with Crippen LogP contribution in [0.4, 0.5) is 10.6 Å². The minimum absolute atomic E-state index is 0.167. The van der Waals surface area contributed by atoms with Crippen LogP contribution in [0, 0.1) is 31.6 Å². The summed E-state index contributed by atoms with van der Waals surface area (Å²) in [6, 6.07) is 5.35. The lowest BCUT2D eigenvalue weighted by Crippen LogP contribution is -2.39. The standard InChI is InChI=1S/C30H40ClN6O5/c1-8-9-21(38)13-41-22-10-11-24(31)23(12-22)25-32-26(18(2)27(33-25)37-19(3)34-42-20(37)4)35-14-29(5)16-36(28(39)40-7)17-30(29,6)15-35/h10-12,21,38H,8-9,13-17H2,1-7H3/q+1/t21-,29-,30+/m1/s1. The Morgan fingerprint density at radius 2 is 1.86 bits per heavy atom. The maximum absolute atomic E-state index is 12.4. The van der Waals surface area contributed by atoms with Crippen LogP contribution in [0.3, 0.4) is 0 Å². The summed E-state index contributed by atoms with van der Waals surface area (Å²) in [6.45, 7) is 15.0. The number of aryl methyl sites for hydroxylation is 2. The van der Waals surface area contributed by atoms with E-state index in [0.717, 1.165) is 17.8 Å². The second kappa shape index (κ2) is 11.3. The number of benzene rings is 1. The zero-order valence-electron chi connectivity index (χ0n) is 25.4. The van der Waals surface area contributed by atoms with Crippen molar-refractivity contribution in [3.05, 3.63) is 40.5 Å². The maximum atomic E-state index is 12.4. The molecule has 226 valence electrons. The number of carbonyl (C=O) groups excluding carboxylic acids is 1. The van der Waals surface area contributed by atoms with Gasteiger partial charge in [-0.25, -0.2) is 4.79 Å². The number of aliphatic hydroxyl groups excluding tert-OH is 1. The van der Waals surface area contributed by atoms with Crippen molar-refractivity contribution in [2.24, 2.45) is 10.8 Å². The van der Waals surface area contributed by atoms with Crippen molar-refractivity contribution in [3.8, 4) is 23.0 Å². The first-order chi connectivity index (χ1) is 19.9. The van der Waals surface area contributed by atoms with Gasteiger partial charge in [-0.2, -0.15) is 9.55 Å². The monoisotopic (exact) mass is 599 g/mol. The molecule has 1 aromatic carbocycles. The molecule has 0 spiro atoms. The number of halogens is 1. The van der Waals surface area contributed by atoms with E-state index in [1.54, 1.807) is 17.0 Å². The highest BCUT2D eigenvalue weighted by molar-refractivity contribution is 6.33. The first-order valence-electron chi connectivity index (χ1n) is 14.3. The summed E-state index contributed by atoms with van der Waals surface area (Å²) in [5.74, 6) is 3.68. The lowest BCUT2D eigenvalue weighted by molar-refractivity contribution is -0.618. The SMILES string of the molecule is CCC[C@@H](O)COc1ccc(Cl)c(-c2nc(N3C[C@]4(C)CN(C(=O)OC)C[C@]4(C)C3)c(C)c(-[n+]3c(C)noc3C)n2)c1. The van der Waals surface area contributed by atoms with Gasteiger partial charge in [0.15, 0.2) is 0 Å². The summed E-state index contributed by atoms with van der Waals surface area (Å²) < 4.78 is 18.3. The summed E-state index contributed by atoms with van der Waals surface area (Å²) in [5.41, 5.74) is 1.16. The number of fused-ring (bicyclic) bond motifs is 1. The van der Waals surface area contributed by atoms with Crippen molar-refractivity contribution in [2.75, 3.05) is 44.8 Å². The molecule has 2 aliphatic heterocycles. The summed E-state index contributed by atoms with van der Waals surface area (Å²) >= 11 is 6.73. The molecule has 1 N–H and O–H groups in total. The molecule has 2 saturated heterocycles. The van der Waals surface area contributed by atoms with E-state index in [4.69, 9.17) is 35.6 Å². The summed E-state index contributed by atoms with van der Waals surface area (Å²) in [4.78, 5) is 26.5. The predicted molar refractivity (Wildman–Crippen MR) is 157 cm³/mol. The fourth-order valence-corrected chi connectivity index (χ4v) is 6.53. The number of carbonyl (C=O) groups is 1. The quantitative estimate of drug-likeness (QED) is 0.375. The number of aliphatic hydroxyl groups is 1. The Morgan fingerprint density at radius 1 is 1.17 bits per heavy atom. The Kier molecular flexibility index (Phi) is 8.10. The molecule has 0 radical (unpaired) electrons. The van der Waals surface area contributed by atoms with Crippen LogP contribution in [0.1, 0.15) is 50.9 Å². The molecule has 2 aliphatic rings. The lowest BCUT2D eigenvalue weighted by Gasteiger charge is -2.29. The molecule has 0 bridgehead atoms. The van der Waals surface area contributed by atoms with E-state index in [1.807, 2.05) is 38.3 Å². The lowest BCUT2D eigenvalue weighted by atomic mass is 9.71. The molecule has 2 aromatic heterocycles. The van der Waals surface area contributed by atoms with E-state index < -0.39 is 6.10 Å². The maximum Gasteiger partial charge on any atom is 0.409 e. The van der Waals surface area contributed by atoms with E-state index in [-0.39, 0.29) is 23.5 Å². The Morgan fingerprint density at radius 3 is 2.45 bits per heavy atom. The Bertz CT molecular complexity index is 1460. The van der Waals surface area contributed by atoms with Crippen molar-refractivity contribution in [1.82, 2.24) is 20.0 Å². The molecule has 3 aromatic rings. The minimum Gasteiger partial charge on any atom is -0.491 e. The van der Waals surface area contributed by atoms with Gasteiger partial charge in [-0.15, -0.1) is 0 Å². The summed E-state index contributed by atoms with van der Waals surface area (Å²) in [5, 5.41) is 14.8. The third-order valence-electron chi connectivity index (χ3n) is 8.85. The third-order valence-corrected chi connectivity index (χ3v) is 9.18. The van der Waals surface area contributed by atoms with Gasteiger partial charge >= 0.3 is 6.09 Å². The number of likely N-dealkylation sites (tertiary alicyclic amines) is 1. The number of anilines is 1. The van der Waals surface area contributed by atoms with Gasteiger partial charge in [0, 0.05) is 50.9 Å². The van der Waals surface area contributed by atoms with Gasteiger partial charge in [0.25, 0.3) is 17.5 Å². The molecule has 0 saturated carbocycles. The van der Waals surface area contributed by atoms with Gasteiger partial charge in [0.2, 0.25) is 5.82 Å². The molecule has 0 aliphatic carbocycles. The molecule has 1 amide bonds. The van der Waals surface area contributed by atoms with Crippen molar-refractivity contribution in [2.45, 2.75) is 60.5 Å². The molecule has 11 nitrogen and oxygen atoms in total. The highest BCUT2D eigenvalue weighted by atomic mass is 35.5. The number of methoxy groups -OCH3 is 1. The largest absolute Gasteiger partial charge is 0.491 e. The van der Waals surface area contributed by atoms with Crippen molar-refractivity contribution in [1.29, 1.82) is 0 Å².